The van der Waals surface area contributed by atoms with Gasteiger partial charge in [-0.25, -0.2) is 0 Å². The number of phenols is 1. The molecule has 0 unspecified atom stereocenters. The molecular weight excluding hydrogens is 384 g/mol. The minimum atomic E-state index is -1.49. The van der Waals surface area contributed by atoms with Crippen LogP contribution in [0, 0.1) is 0 Å². The van der Waals surface area contributed by atoms with E-state index in [1.165, 1.54) is 0 Å². The molecule has 1 aliphatic heterocycles. The van der Waals surface area contributed by atoms with E-state index in [1.807, 2.05) is 0 Å². The Balaban J connectivity index is 0.000000278. The van der Waals surface area contributed by atoms with Gasteiger partial charge in [0, 0.05) is 11.1 Å². The second-order valence-electron chi connectivity index (χ2n) is 6.37. The Labute approximate surface area is 167 Å². The van der Waals surface area contributed by atoms with Gasteiger partial charge in [0.1, 0.15) is 35.9 Å². The van der Waals surface area contributed by atoms with E-state index in [-0.39, 0.29) is 19.0 Å². The van der Waals surface area contributed by atoms with Crippen LogP contribution in [0.5, 0.6) is 11.5 Å². The summed E-state index contributed by atoms with van der Waals surface area (Å²) in [6.45, 7) is -0.882. The summed E-state index contributed by atoms with van der Waals surface area (Å²) in [6, 6.07) is 13.3. The van der Waals surface area contributed by atoms with Crippen LogP contribution in [0.1, 0.15) is 11.1 Å². The van der Waals surface area contributed by atoms with Gasteiger partial charge in [0.2, 0.25) is 6.29 Å². The molecule has 160 valence electrons. The van der Waals surface area contributed by atoms with Crippen molar-refractivity contribution in [2.24, 2.45) is 0 Å². The van der Waals surface area contributed by atoms with Crippen molar-refractivity contribution in [3.8, 4) is 11.5 Å². The fourth-order valence-electron chi connectivity index (χ4n) is 2.68. The molecule has 1 fully saturated rings. The molecule has 0 amide bonds. The number of para-hydroxylation sites is 2. The van der Waals surface area contributed by atoms with E-state index < -0.39 is 37.3 Å². The third-order valence-corrected chi connectivity index (χ3v) is 4.40. The number of aliphatic hydroxyl groups excluding tert-OH is 6. The molecule has 0 saturated carbocycles. The Morgan fingerprint density at radius 1 is 0.759 bits per heavy atom. The van der Waals surface area contributed by atoms with Gasteiger partial charge in [-0.1, -0.05) is 36.4 Å². The number of aliphatic hydroxyl groups is 6. The average Bonchev–Trinajstić information content (AvgIpc) is 2.75. The molecule has 0 radical (unpaired) electrons. The van der Waals surface area contributed by atoms with Crippen LogP contribution >= 0.6 is 0 Å². The maximum atomic E-state index is 9.84. The summed E-state index contributed by atoms with van der Waals surface area (Å²) in [5.74, 6) is 0.444. The summed E-state index contributed by atoms with van der Waals surface area (Å²) in [7, 11) is 0. The summed E-state index contributed by atoms with van der Waals surface area (Å²) in [5, 5.41) is 64.9. The van der Waals surface area contributed by atoms with E-state index in [1.54, 1.807) is 48.5 Å². The van der Waals surface area contributed by atoms with Crippen LogP contribution < -0.4 is 4.74 Å². The van der Waals surface area contributed by atoms with Crippen LogP contribution in [0.2, 0.25) is 0 Å². The number of aromatic hydroxyl groups is 1. The topological polar surface area (TPSA) is 160 Å². The van der Waals surface area contributed by atoms with Crippen molar-refractivity contribution in [2.75, 3.05) is 6.61 Å². The van der Waals surface area contributed by atoms with Crippen molar-refractivity contribution < 1.29 is 45.2 Å². The van der Waals surface area contributed by atoms with Gasteiger partial charge in [0.05, 0.1) is 19.8 Å². The van der Waals surface area contributed by atoms with Gasteiger partial charge in [0.15, 0.2) is 0 Å². The van der Waals surface area contributed by atoms with E-state index >= 15 is 0 Å². The molecule has 1 aliphatic rings. The van der Waals surface area contributed by atoms with Crippen LogP contribution in [0.4, 0.5) is 0 Å². The van der Waals surface area contributed by atoms with Gasteiger partial charge < -0.3 is 45.2 Å². The third kappa shape index (κ3) is 5.87. The summed E-state index contributed by atoms with van der Waals surface area (Å²) < 4.78 is 10.6. The molecule has 3 rings (SSSR count). The van der Waals surface area contributed by atoms with Crippen LogP contribution in [0.3, 0.4) is 0 Å². The standard InChI is InChI=1S/C13H18O7.C7H8O2/c14-5-7-3-1-2-4-8(7)19-13-12(18)11(17)10(16)9(6-15)20-13;8-5-6-3-1-2-4-7(6)9/h1-4,9-18H,5-6H2;1-4,8-9H,5H2/t9-,10-,11+,12-,13-;/m1./s1. The van der Waals surface area contributed by atoms with Crippen LogP contribution in [-0.4, -0.2) is 73.1 Å². The zero-order valence-electron chi connectivity index (χ0n) is 15.6. The average molecular weight is 410 g/mol. The second-order valence-corrected chi connectivity index (χ2v) is 6.37. The zero-order valence-corrected chi connectivity index (χ0v) is 15.6. The van der Waals surface area contributed by atoms with Gasteiger partial charge in [0.25, 0.3) is 0 Å². The Bertz CT molecular complexity index is 752. The lowest BCUT2D eigenvalue weighted by Crippen LogP contribution is -2.60. The maximum Gasteiger partial charge on any atom is 0.229 e. The fourth-order valence-corrected chi connectivity index (χ4v) is 2.68. The Morgan fingerprint density at radius 3 is 1.90 bits per heavy atom. The van der Waals surface area contributed by atoms with Crippen LogP contribution in [-0.2, 0) is 18.0 Å². The summed E-state index contributed by atoms with van der Waals surface area (Å²) >= 11 is 0. The van der Waals surface area contributed by atoms with Crippen LogP contribution in [0.15, 0.2) is 48.5 Å². The molecule has 0 aromatic heterocycles. The molecule has 0 spiro atoms. The van der Waals surface area contributed by atoms with Gasteiger partial charge in [-0.2, -0.15) is 0 Å². The van der Waals surface area contributed by atoms with Crippen molar-refractivity contribution in [1.29, 1.82) is 0 Å². The van der Waals surface area contributed by atoms with Gasteiger partial charge in [-0.15, -0.1) is 0 Å². The van der Waals surface area contributed by atoms with Crippen molar-refractivity contribution in [3.05, 3.63) is 59.7 Å². The lowest BCUT2D eigenvalue weighted by atomic mass is 9.99. The van der Waals surface area contributed by atoms with Gasteiger partial charge in [-0.3, -0.25) is 0 Å². The van der Waals surface area contributed by atoms with Crippen LogP contribution in [0.25, 0.3) is 0 Å². The highest BCUT2D eigenvalue weighted by atomic mass is 16.7. The largest absolute Gasteiger partial charge is 0.508 e. The summed E-state index contributed by atoms with van der Waals surface area (Å²) in [6.07, 6.45) is -6.67. The minimum absolute atomic E-state index is 0.104. The summed E-state index contributed by atoms with van der Waals surface area (Å²) in [5.41, 5.74) is 1.06. The van der Waals surface area contributed by atoms with E-state index in [9.17, 15) is 20.4 Å². The molecule has 1 saturated heterocycles. The first kappa shape index (κ1) is 23.0. The zero-order chi connectivity index (χ0) is 21.4. The van der Waals surface area contributed by atoms with Crippen molar-refractivity contribution in [1.82, 2.24) is 0 Å². The molecular formula is C20H26O9. The van der Waals surface area contributed by atoms with Crippen molar-refractivity contribution in [2.45, 2.75) is 43.9 Å². The number of rotatable bonds is 5. The number of benzene rings is 2. The Hall–Kier alpha value is -2.24. The molecule has 29 heavy (non-hydrogen) atoms. The SMILES string of the molecule is OCc1ccccc1O.OCc1ccccc1O[C@@H]1O[C@H](CO)[C@@H](O)[C@H](O)[C@H]1O. The lowest BCUT2D eigenvalue weighted by molar-refractivity contribution is -0.277. The first-order valence-corrected chi connectivity index (χ1v) is 8.96. The smallest absolute Gasteiger partial charge is 0.229 e. The predicted molar refractivity (Wildman–Crippen MR) is 101 cm³/mol. The van der Waals surface area contributed by atoms with E-state index in [4.69, 9.17) is 24.8 Å². The number of ether oxygens (including phenoxy) is 2. The first-order valence-electron chi connectivity index (χ1n) is 8.96. The number of hydrogen-bond donors (Lipinski definition) is 7. The first-order chi connectivity index (χ1) is 13.9. The normalized spacial score (nSPS) is 26.3. The maximum absolute atomic E-state index is 9.84. The molecule has 9 heteroatoms. The highest BCUT2D eigenvalue weighted by Gasteiger charge is 2.44. The quantitative estimate of drug-likeness (QED) is 0.336. The van der Waals surface area contributed by atoms with E-state index in [0.717, 1.165) is 0 Å². The molecule has 2 aromatic rings. The van der Waals surface area contributed by atoms with E-state index in [2.05, 4.69) is 0 Å². The molecule has 2 aromatic carbocycles. The molecule has 0 bridgehead atoms. The highest BCUT2D eigenvalue weighted by Crippen LogP contribution is 2.26. The predicted octanol–water partition coefficient (Wildman–Crippen LogP) is -0.758. The minimum Gasteiger partial charge on any atom is -0.508 e. The second kappa shape index (κ2) is 11.1. The molecule has 5 atom stereocenters. The van der Waals surface area contributed by atoms with E-state index in [0.29, 0.717) is 16.9 Å². The van der Waals surface area contributed by atoms with Crippen molar-refractivity contribution >= 4 is 0 Å². The third-order valence-electron chi connectivity index (χ3n) is 4.40. The van der Waals surface area contributed by atoms with Gasteiger partial charge >= 0.3 is 0 Å². The summed E-state index contributed by atoms with van der Waals surface area (Å²) in [4.78, 5) is 0. The van der Waals surface area contributed by atoms with Crippen molar-refractivity contribution in [3.63, 3.8) is 0 Å². The number of hydrogen-bond acceptors (Lipinski definition) is 9. The highest BCUT2D eigenvalue weighted by molar-refractivity contribution is 5.33. The monoisotopic (exact) mass is 410 g/mol. The Morgan fingerprint density at radius 2 is 1.34 bits per heavy atom. The Kier molecular flexibility index (Phi) is 8.80. The molecule has 7 N–H and O–H groups in total. The molecule has 9 nitrogen and oxygen atoms in total. The molecule has 0 aliphatic carbocycles. The lowest BCUT2D eigenvalue weighted by Gasteiger charge is -2.39. The molecule has 1 heterocycles. The fraction of sp³-hybridized carbons (Fsp3) is 0.400. The van der Waals surface area contributed by atoms with Gasteiger partial charge in [-0.05, 0) is 12.1 Å².